The number of aryl methyl sites for hydroxylation is 2. The number of benzene rings is 1. The smallest absolute Gasteiger partial charge is 0.257 e. The van der Waals surface area contributed by atoms with Gasteiger partial charge < -0.3 is 10.6 Å². The number of amides is 2. The van der Waals surface area contributed by atoms with Crippen molar-refractivity contribution < 1.29 is 9.59 Å². The number of hydrogen-bond acceptors (Lipinski definition) is 3. The van der Waals surface area contributed by atoms with Crippen LogP contribution in [0.1, 0.15) is 59.0 Å². The average Bonchev–Trinajstić information content (AvgIpc) is 2.66. The van der Waals surface area contributed by atoms with Crippen LogP contribution in [0, 0.1) is 0 Å². The molecule has 0 spiro atoms. The maximum atomic E-state index is 12.7. The van der Waals surface area contributed by atoms with E-state index in [0.717, 1.165) is 36.1 Å². The molecule has 5 heteroatoms. The summed E-state index contributed by atoms with van der Waals surface area (Å²) in [7, 11) is 0. The summed E-state index contributed by atoms with van der Waals surface area (Å²) >= 11 is 0. The SMILES string of the molecule is CCCNC(=O)c1cncc(C(=O)Nc2c(CC)cccc2CC)c1. The fourth-order valence-corrected chi connectivity index (χ4v) is 2.62. The second-order valence-electron chi connectivity index (χ2n) is 5.83. The molecular formula is C20H25N3O2. The van der Waals surface area contributed by atoms with Crippen LogP contribution < -0.4 is 10.6 Å². The predicted molar refractivity (Wildman–Crippen MR) is 100 cm³/mol. The normalized spacial score (nSPS) is 10.4. The van der Waals surface area contributed by atoms with Crippen molar-refractivity contribution in [2.45, 2.75) is 40.0 Å². The van der Waals surface area contributed by atoms with Crippen molar-refractivity contribution in [3.05, 3.63) is 58.9 Å². The molecule has 25 heavy (non-hydrogen) atoms. The van der Waals surface area contributed by atoms with E-state index in [0.29, 0.717) is 17.7 Å². The van der Waals surface area contributed by atoms with Gasteiger partial charge in [0.25, 0.3) is 11.8 Å². The number of hydrogen-bond donors (Lipinski definition) is 2. The van der Waals surface area contributed by atoms with Crippen LogP contribution in [0.2, 0.25) is 0 Å². The van der Waals surface area contributed by atoms with Gasteiger partial charge in [-0.3, -0.25) is 14.6 Å². The molecule has 1 heterocycles. The number of carbonyl (C=O) groups excluding carboxylic acids is 2. The molecule has 0 saturated heterocycles. The Morgan fingerprint density at radius 3 is 2.12 bits per heavy atom. The van der Waals surface area contributed by atoms with Crippen LogP contribution >= 0.6 is 0 Å². The molecule has 2 aromatic rings. The summed E-state index contributed by atoms with van der Waals surface area (Å²) in [6.45, 7) is 6.70. The van der Waals surface area contributed by atoms with Gasteiger partial charge in [-0.15, -0.1) is 0 Å². The van der Waals surface area contributed by atoms with Crippen molar-refractivity contribution in [1.82, 2.24) is 10.3 Å². The Morgan fingerprint density at radius 2 is 1.56 bits per heavy atom. The van der Waals surface area contributed by atoms with Gasteiger partial charge in [0.05, 0.1) is 11.1 Å². The summed E-state index contributed by atoms with van der Waals surface area (Å²) < 4.78 is 0. The molecule has 0 aliphatic rings. The first-order valence-corrected chi connectivity index (χ1v) is 8.76. The Kier molecular flexibility index (Phi) is 6.69. The van der Waals surface area contributed by atoms with Gasteiger partial charge in [-0.05, 0) is 36.5 Å². The number of carbonyl (C=O) groups is 2. The molecule has 0 bridgehead atoms. The van der Waals surface area contributed by atoms with Crippen LogP contribution in [0.4, 0.5) is 5.69 Å². The maximum Gasteiger partial charge on any atom is 0.257 e. The molecule has 0 saturated carbocycles. The molecule has 2 rings (SSSR count). The summed E-state index contributed by atoms with van der Waals surface area (Å²) in [5, 5.41) is 5.79. The minimum absolute atomic E-state index is 0.216. The first-order chi connectivity index (χ1) is 12.1. The van der Waals surface area contributed by atoms with E-state index in [1.54, 1.807) is 6.07 Å². The number of anilines is 1. The van der Waals surface area contributed by atoms with Gasteiger partial charge in [0.1, 0.15) is 0 Å². The molecule has 0 unspecified atom stereocenters. The fraction of sp³-hybridized carbons (Fsp3) is 0.350. The molecule has 0 aliphatic heterocycles. The Balaban J connectivity index is 2.23. The van der Waals surface area contributed by atoms with E-state index >= 15 is 0 Å². The Hall–Kier alpha value is -2.69. The van der Waals surface area contributed by atoms with Crippen LogP contribution in [0.25, 0.3) is 0 Å². The van der Waals surface area contributed by atoms with Crippen LogP contribution in [0.5, 0.6) is 0 Å². The average molecular weight is 339 g/mol. The predicted octanol–water partition coefficient (Wildman–Crippen LogP) is 3.60. The molecule has 0 radical (unpaired) electrons. The highest BCUT2D eigenvalue weighted by molar-refractivity contribution is 6.06. The third kappa shape index (κ3) is 4.66. The molecule has 5 nitrogen and oxygen atoms in total. The molecule has 1 aromatic carbocycles. The zero-order valence-corrected chi connectivity index (χ0v) is 15.1. The number of nitrogens with one attached hydrogen (secondary N) is 2. The lowest BCUT2D eigenvalue weighted by Crippen LogP contribution is -2.24. The molecule has 2 N–H and O–H groups in total. The molecule has 132 valence electrons. The standard InChI is InChI=1S/C20H25N3O2/c1-4-10-22-19(24)16-11-17(13-21-12-16)20(25)23-18-14(5-2)8-7-9-15(18)6-3/h7-9,11-13H,4-6,10H2,1-3H3,(H,22,24)(H,23,25). The second-order valence-corrected chi connectivity index (χ2v) is 5.83. The molecule has 2 amide bonds. The third-order valence-electron chi connectivity index (χ3n) is 4.04. The van der Waals surface area contributed by atoms with E-state index in [9.17, 15) is 9.59 Å². The van der Waals surface area contributed by atoms with E-state index < -0.39 is 0 Å². The second kappa shape index (κ2) is 8.97. The van der Waals surface area contributed by atoms with E-state index in [1.807, 2.05) is 25.1 Å². The van der Waals surface area contributed by atoms with Crippen molar-refractivity contribution >= 4 is 17.5 Å². The van der Waals surface area contributed by atoms with Gasteiger partial charge in [0, 0.05) is 24.6 Å². The number of para-hydroxylation sites is 1. The van der Waals surface area contributed by atoms with Crippen molar-refractivity contribution in [2.24, 2.45) is 0 Å². The molecule has 0 atom stereocenters. The summed E-state index contributed by atoms with van der Waals surface area (Å²) in [5.74, 6) is -0.472. The van der Waals surface area contributed by atoms with E-state index in [4.69, 9.17) is 0 Å². The van der Waals surface area contributed by atoms with Crippen LogP contribution in [0.15, 0.2) is 36.7 Å². The monoisotopic (exact) mass is 339 g/mol. The summed E-state index contributed by atoms with van der Waals surface area (Å²) in [6, 6.07) is 7.62. The highest BCUT2D eigenvalue weighted by Gasteiger charge is 2.14. The van der Waals surface area contributed by atoms with Crippen LogP contribution in [-0.2, 0) is 12.8 Å². The molecular weight excluding hydrogens is 314 g/mol. The van der Waals surface area contributed by atoms with Crippen molar-refractivity contribution in [1.29, 1.82) is 0 Å². The van der Waals surface area contributed by atoms with Gasteiger partial charge in [-0.1, -0.05) is 39.0 Å². The van der Waals surface area contributed by atoms with E-state index in [1.165, 1.54) is 12.4 Å². The summed E-state index contributed by atoms with van der Waals surface area (Å²) in [6.07, 6.45) is 5.47. The minimum atomic E-state index is -0.256. The third-order valence-corrected chi connectivity index (χ3v) is 4.04. The van der Waals surface area contributed by atoms with Crippen molar-refractivity contribution in [3.8, 4) is 0 Å². The van der Waals surface area contributed by atoms with Gasteiger partial charge in [0.15, 0.2) is 0 Å². The molecule has 1 aromatic heterocycles. The van der Waals surface area contributed by atoms with Crippen molar-refractivity contribution in [2.75, 3.05) is 11.9 Å². The Labute approximate surface area is 148 Å². The largest absolute Gasteiger partial charge is 0.352 e. The first kappa shape index (κ1) is 18.6. The lowest BCUT2D eigenvalue weighted by molar-refractivity contribution is 0.0953. The van der Waals surface area contributed by atoms with E-state index in [2.05, 4.69) is 29.5 Å². The highest BCUT2D eigenvalue weighted by atomic mass is 16.2. The molecule has 0 aliphatic carbocycles. The summed E-state index contributed by atoms with van der Waals surface area (Å²) in [4.78, 5) is 28.8. The quantitative estimate of drug-likeness (QED) is 0.809. The van der Waals surface area contributed by atoms with Crippen LogP contribution in [-0.4, -0.2) is 23.3 Å². The number of rotatable bonds is 7. The number of pyridine rings is 1. The number of nitrogens with zero attached hydrogens (tertiary/aromatic N) is 1. The zero-order chi connectivity index (χ0) is 18.2. The summed E-state index contributed by atoms with van der Waals surface area (Å²) in [5.41, 5.74) is 3.81. The van der Waals surface area contributed by atoms with Gasteiger partial charge in [0.2, 0.25) is 0 Å². The van der Waals surface area contributed by atoms with Crippen LogP contribution in [0.3, 0.4) is 0 Å². The lowest BCUT2D eigenvalue weighted by atomic mass is 10.0. The van der Waals surface area contributed by atoms with E-state index in [-0.39, 0.29) is 11.8 Å². The highest BCUT2D eigenvalue weighted by Crippen LogP contribution is 2.23. The molecule has 0 fully saturated rings. The first-order valence-electron chi connectivity index (χ1n) is 8.76. The minimum Gasteiger partial charge on any atom is -0.352 e. The van der Waals surface area contributed by atoms with Crippen molar-refractivity contribution in [3.63, 3.8) is 0 Å². The zero-order valence-electron chi connectivity index (χ0n) is 15.1. The lowest BCUT2D eigenvalue weighted by Gasteiger charge is -2.14. The van der Waals surface area contributed by atoms with Gasteiger partial charge in [-0.25, -0.2) is 0 Å². The maximum absolute atomic E-state index is 12.7. The topological polar surface area (TPSA) is 71.1 Å². The fourth-order valence-electron chi connectivity index (χ4n) is 2.62. The Morgan fingerprint density at radius 1 is 0.960 bits per heavy atom. The Bertz CT molecular complexity index is 734. The van der Waals surface area contributed by atoms with Gasteiger partial charge in [-0.2, -0.15) is 0 Å². The van der Waals surface area contributed by atoms with Gasteiger partial charge >= 0.3 is 0 Å². The number of aromatic nitrogens is 1.